The average molecular weight is 339 g/mol. The Morgan fingerprint density at radius 2 is 1.84 bits per heavy atom. The first-order valence-electron chi connectivity index (χ1n) is 7.96. The van der Waals surface area contributed by atoms with Gasteiger partial charge in [0.25, 0.3) is 0 Å². The smallest absolute Gasteiger partial charge is 0.355 e. The van der Waals surface area contributed by atoms with Crippen molar-refractivity contribution in [2.75, 3.05) is 0 Å². The first-order chi connectivity index (χ1) is 11.8. The molecule has 0 radical (unpaired) electrons. The summed E-state index contributed by atoms with van der Waals surface area (Å²) in [5.74, 6) is -1.52. The number of carbonyl (C=O) groups is 1. The lowest BCUT2D eigenvalue weighted by molar-refractivity contribution is 0.0692. The third kappa shape index (κ3) is 2.93. The van der Waals surface area contributed by atoms with Crippen LogP contribution in [0.5, 0.6) is 5.75 Å². The van der Waals surface area contributed by atoms with Crippen LogP contribution < -0.4 is 0 Å². The Kier molecular flexibility index (Phi) is 4.17. The number of halogens is 1. The molecule has 4 nitrogen and oxygen atoms in total. The largest absolute Gasteiger partial charge is 0.508 e. The van der Waals surface area contributed by atoms with Gasteiger partial charge in [0.15, 0.2) is 5.69 Å². The Labute approximate surface area is 144 Å². The van der Waals surface area contributed by atoms with Crippen LogP contribution in [0.1, 0.15) is 41.5 Å². The number of phenols is 1. The summed E-state index contributed by atoms with van der Waals surface area (Å²) in [6.07, 6.45) is 0. The standard InChI is InChI=1S/C20H18FNO3/c1-10(2)18-17(12-4-7-16(21)11(3)8-12)14-6-5-13(23)9-15(14)19(22-18)20(24)25/h4-10,23H,1-3H3,(H,24,25). The highest BCUT2D eigenvalue weighted by Crippen LogP contribution is 2.37. The highest BCUT2D eigenvalue weighted by atomic mass is 19.1. The average Bonchev–Trinajstić information content (AvgIpc) is 2.55. The summed E-state index contributed by atoms with van der Waals surface area (Å²) in [6.45, 7) is 5.54. The lowest BCUT2D eigenvalue weighted by Gasteiger charge is -2.17. The van der Waals surface area contributed by atoms with Gasteiger partial charge in [0, 0.05) is 10.9 Å². The lowest BCUT2D eigenvalue weighted by Crippen LogP contribution is -2.08. The highest BCUT2D eigenvalue weighted by Gasteiger charge is 2.21. The van der Waals surface area contributed by atoms with Gasteiger partial charge in [0.05, 0.1) is 5.69 Å². The minimum atomic E-state index is -1.15. The summed E-state index contributed by atoms with van der Waals surface area (Å²) in [4.78, 5) is 16.0. The molecule has 0 spiro atoms. The zero-order valence-electron chi connectivity index (χ0n) is 14.2. The van der Waals surface area contributed by atoms with Crippen molar-refractivity contribution in [2.45, 2.75) is 26.7 Å². The zero-order chi connectivity index (χ0) is 18.3. The molecular formula is C20H18FNO3. The maximum atomic E-state index is 13.7. The van der Waals surface area contributed by atoms with Gasteiger partial charge in [-0.2, -0.15) is 0 Å². The second-order valence-corrected chi connectivity index (χ2v) is 6.37. The van der Waals surface area contributed by atoms with Gasteiger partial charge in [-0.15, -0.1) is 0 Å². The topological polar surface area (TPSA) is 70.4 Å². The number of fused-ring (bicyclic) bond motifs is 1. The molecule has 3 aromatic rings. The molecule has 2 N–H and O–H groups in total. The lowest BCUT2D eigenvalue weighted by atomic mass is 9.91. The monoisotopic (exact) mass is 339 g/mol. The van der Waals surface area contributed by atoms with Crippen LogP contribution in [0.2, 0.25) is 0 Å². The predicted octanol–water partition coefficient (Wildman–Crippen LogP) is 4.88. The van der Waals surface area contributed by atoms with Crippen LogP contribution in [-0.2, 0) is 0 Å². The number of aryl methyl sites for hydroxylation is 1. The van der Waals surface area contributed by atoms with E-state index >= 15 is 0 Å². The summed E-state index contributed by atoms with van der Waals surface area (Å²) < 4.78 is 13.7. The molecule has 1 aromatic heterocycles. The summed E-state index contributed by atoms with van der Waals surface area (Å²) in [7, 11) is 0. The number of carboxylic acids is 1. The van der Waals surface area contributed by atoms with Crippen molar-refractivity contribution in [1.29, 1.82) is 0 Å². The van der Waals surface area contributed by atoms with E-state index < -0.39 is 5.97 Å². The van der Waals surface area contributed by atoms with Gasteiger partial charge in [-0.05, 0) is 59.7 Å². The summed E-state index contributed by atoms with van der Waals surface area (Å²) in [5, 5.41) is 20.3. The van der Waals surface area contributed by atoms with E-state index in [1.165, 1.54) is 18.2 Å². The molecule has 1 heterocycles. The number of rotatable bonds is 3. The molecule has 3 rings (SSSR count). The van der Waals surface area contributed by atoms with Crippen LogP contribution in [-0.4, -0.2) is 21.2 Å². The summed E-state index contributed by atoms with van der Waals surface area (Å²) in [5.41, 5.74) is 2.56. The maximum absolute atomic E-state index is 13.7. The molecule has 128 valence electrons. The number of hydrogen-bond acceptors (Lipinski definition) is 3. The van der Waals surface area contributed by atoms with Crippen molar-refractivity contribution in [2.24, 2.45) is 0 Å². The Hall–Kier alpha value is -2.95. The molecule has 0 atom stereocenters. The first kappa shape index (κ1) is 16.9. The van der Waals surface area contributed by atoms with Gasteiger partial charge in [-0.25, -0.2) is 14.2 Å². The SMILES string of the molecule is Cc1cc(-c2c(C(C)C)nc(C(=O)O)c3cc(O)ccc23)ccc1F. The fourth-order valence-corrected chi connectivity index (χ4v) is 3.01. The predicted molar refractivity (Wildman–Crippen MR) is 94.6 cm³/mol. The number of aromatic hydroxyl groups is 1. The van der Waals surface area contributed by atoms with Crippen molar-refractivity contribution in [3.63, 3.8) is 0 Å². The second kappa shape index (κ2) is 6.16. The van der Waals surface area contributed by atoms with E-state index in [9.17, 15) is 19.4 Å². The van der Waals surface area contributed by atoms with E-state index in [-0.39, 0.29) is 23.2 Å². The van der Waals surface area contributed by atoms with E-state index in [0.29, 0.717) is 22.0 Å². The molecule has 0 saturated heterocycles. The fraction of sp³-hybridized carbons (Fsp3) is 0.200. The molecule has 2 aromatic carbocycles. The van der Waals surface area contributed by atoms with Crippen LogP contribution in [0.25, 0.3) is 21.9 Å². The van der Waals surface area contributed by atoms with E-state index in [1.807, 2.05) is 13.8 Å². The molecule has 25 heavy (non-hydrogen) atoms. The van der Waals surface area contributed by atoms with Gasteiger partial charge < -0.3 is 10.2 Å². The van der Waals surface area contributed by atoms with Crippen molar-refractivity contribution in [3.8, 4) is 16.9 Å². The summed E-state index contributed by atoms with van der Waals surface area (Å²) in [6, 6.07) is 9.38. The normalized spacial score (nSPS) is 11.2. The minimum absolute atomic E-state index is 0.0309. The molecule has 0 saturated carbocycles. The third-order valence-corrected chi connectivity index (χ3v) is 4.21. The van der Waals surface area contributed by atoms with Gasteiger partial charge >= 0.3 is 5.97 Å². The van der Waals surface area contributed by atoms with Crippen LogP contribution in [0.4, 0.5) is 4.39 Å². The van der Waals surface area contributed by atoms with Gasteiger partial charge in [0.2, 0.25) is 0 Å². The summed E-state index contributed by atoms with van der Waals surface area (Å²) >= 11 is 0. The number of hydrogen-bond donors (Lipinski definition) is 2. The van der Waals surface area contributed by atoms with E-state index in [2.05, 4.69) is 4.98 Å². The van der Waals surface area contributed by atoms with Crippen molar-refractivity contribution < 1.29 is 19.4 Å². The first-order valence-corrected chi connectivity index (χ1v) is 7.96. The van der Waals surface area contributed by atoms with Crippen LogP contribution in [0.3, 0.4) is 0 Å². The van der Waals surface area contributed by atoms with Crippen LogP contribution in [0, 0.1) is 12.7 Å². The molecular weight excluding hydrogens is 321 g/mol. The fourth-order valence-electron chi connectivity index (χ4n) is 3.01. The Balaban J connectivity index is 2.47. The van der Waals surface area contributed by atoms with Crippen molar-refractivity contribution in [3.05, 3.63) is 59.2 Å². The van der Waals surface area contributed by atoms with E-state index in [4.69, 9.17) is 0 Å². The number of carboxylic acid groups (broad SMARTS) is 1. The molecule has 0 bridgehead atoms. The maximum Gasteiger partial charge on any atom is 0.355 e. The molecule has 0 unspecified atom stereocenters. The highest BCUT2D eigenvalue weighted by molar-refractivity contribution is 6.08. The van der Waals surface area contributed by atoms with Gasteiger partial charge in [0.1, 0.15) is 11.6 Å². The second-order valence-electron chi connectivity index (χ2n) is 6.37. The third-order valence-electron chi connectivity index (χ3n) is 4.21. The van der Waals surface area contributed by atoms with Crippen molar-refractivity contribution >= 4 is 16.7 Å². The molecule has 0 aliphatic heterocycles. The van der Waals surface area contributed by atoms with Crippen LogP contribution in [0.15, 0.2) is 36.4 Å². The van der Waals surface area contributed by atoms with Crippen LogP contribution >= 0.6 is 0 Å². The molecule has 0 fully saturated rings. The Morgan fingerprint density at radius 1 is 1.12 bits per heavy atom. The number of aromatic nitrogens is 1. The number of pyridine rings is 1. The van der Waals surface area contributed by atoms with Gasteiger partial charge in [-0.1, -0.05) is 19.9 Å². The molecule has 0 aliphatic rings. The number of phenolic OH excluding ortho intramolecular Hbond substituents is 1. The molecule has 5 heteroatoms. The Morgan fingerprint density at radius 3 is 2.44 bits per heavy atom. The number of aromatic carboxylic acids is 1. The van der Waals surface area contributed by atoms with E-state index in [0.717, 1.165) is 11.1 Å². The zero-order valence-corrected chi connectivity index (χ0v) is 14.2. The number of benzene rings is 2. The molecule has 0 amide bonds. The number of nitrogens with zero attached hydrogens (tertiary/aromatic N) is 1. The van der Waals surface area contributed by atoms with Gasteiger partial charge in [-0.3, -0.25) is 0 Å². The van der Waals surface area contributed by atoms with E-state index in [1.54, 1.807) is 25.1 Å². The quantitative estimate of drug-likeness (QED) is 0.714. The minimum Gasteiger partial charge on any atom is -0.508 e. The Bertz CT molecular complexity index is 996. The van der Waals surface area contributed by atoms with Crippen molar-refractivity contribution in [1.82, 2.24) is 4.98 Å². The molecule has 0 aliphatic carbocycles.